The van der Waals surface area contributed by atoms with Crippen LogP contribution in [-0.2, 0) is 13.6 Å². The number of aromatic nitrogens is 1. The Morgan fingerprint density at radius 2 is 1.75 bits per heavy atom. The molecule has 0 saturated heterocycles. The number of benzene rings is 1. The molecule has 2 nitrogen and oxygen atoms in total. The minimum absolute atomic E-state index is 0.399. The lowest BCUT2D eigenvalue weighted by Gasteiger charge is -2.23. The molecule has 1 heterocycles. The summed E-state index contributed by atoms with van der Waals surface area (Å²) in [6.45, 7) is 9.82. The lowest BCUT2D eigenvalue weighted by atomic mass is 9.96. The topological polar surface area (TPSA) is 17.0 Å². The Morgan fingerprint density at radius 1 is 1.10 bits per heavy atom. The maximum atomic E-state index is 3.72. The summed E-state index contributed by atoms with van der Waals surface area (Å²) in [6, 6.07) is 13.4. The Labute approximate surface area is 122 Å². The van der Waals surface area contributed by atoms with Crippen molar-refractivity contribution in [3.05, 3.63) is 58.9 Å². The molecule has 108 valence electrons. The van der Waals surface area contributed by atoms with Gasteiger partial charge in [0.05, 0.1) is 0 Å². The van der Waals surface area contributed by atoms with Gasteiger partial charge in [-0.15, -0.1) is 0 Å². The smallest absolute Gasteiger partial charge is 0.0346 e. The molecule has 1 aromatic carbocycles. The van der Waals surface area contributed by atoms with Gasteiger partial charge in [-0.2, -0.15) is 0 Å². The summed E-state index contributed by atoms with van der Waals surface area (Å²) in [5.41, 5.74) is 5.44. The van der Waals surface area contributed by atoms with Gasteiger partial charge in [0.15, 0.2) is 0 Å². The highest BCUT2D eigenvalue weighted by Gasteiger charge is 2.16. The van der Waals surface area contributed by atoms with Gasteiger partial charge in [0.25, 0.3) is 0 Å². The van der Waals surface area contributed by atoms with Crippen LogP contribution in [0.1, 0.15) is 42.4 Å². The third kappa shape index (κ3) is 3.13. The van der Waals surface area contributed by atoms with E-state index >= 15 is 0 Å². The van der Waals surface area contributed by atoms with Crippen LogP contribution in [0.15, 0.2) is 36.4 Å². The van der Waals surface area contributed by atoms with Crippen molar-refractivity contribution in [3.63, 3.8) is 0 Å². The van der Waals surface area contributed by atoms with Crippen LogP contribution in [0.5, 0.6) is 0 Å². The predicted octanol–water partition coefficient (Wildman–Crippen LogP) is 4.13. The van der Waals surface area contributed by atoms with E-state index in [0.717, 1.165) is 6.54 Å². The number of nitrogens with zero attached hydrogens (tertiary/aromatic N) is 1. The first-order valence-corrected chi connectivity index (χ1v) is 7.40. The molecule has 0 aliphatic heterocycles. The molecule has 1 aromatic heterocycles. The van der Waals surface area contributed by atoms with Crippen LogP contribution in [0.3, 0.4) is 0 Å². The van der Waals surface area contributed by atoms with Crippen molar-refractivity contribution in [1.29, 1.82) is 0 Å². The van der Waals surface area contributed by atoms with Crippen molar-refractivity contribution < 1.29 is 0 Å². The van der Waals surface area contributed by atoms with Crippen LogP contribution in [0.2, 0.25) is 0 Å². The predicted molar refractivity (Wildman–Crippen MR) is 85.7 cm³/mol. The lowest BCUT2D eigenvalue weighted by molar-refractivity contribution is 0.410. The average Bonchev–Trinajstić information content (AvgIpc) is 2.67. The zero-order valence-electron chi connectivity index (χ0n) is 13.3. The van der Waals surface area contributed by atoms with Gasteiger partial charge in [-0.05, 0) is 37.0 Å². The maximum Gasteiger partial charge on any atom is 0.0346 e. The van der Waals surface area contributed by atoms with Gasteiger partial charge in [-0.25, -0.2) is 0 Å². The van der Waals surface area contributed by atoms with E-state index < -0.39 is 0 Å². The van der Waals surface area contributed by atoms with Crippen molar-refractivity contribution in [2.24, 2.45) is 13.0 Å². The first-order chi connectivity index (χ1) is 9.50. The third-order valence-electron chi connectivity index (χ3n) is 4.22. The Bertz CT molecular complexity index is 552. The maximum absolute atomic E-state index is 3.72. The van der Waals surface area contributed by atoms with Crippen molar-refractivity contribution in [3.8, 4) is 0 Å². The molecule has 2 aromatic rings. The Hall–Kier alpha value is -1.54. The monoisotopic (exact) mass is 270 g/mol. The summed E-state index contributed by atoms with van der Waals surface area (Å²) >= 11 is 0. The third-order valence-corrected chi connectivity index (χ3v) is 4.22. The van der Waals surface area contributed by atoms with Gasteiger partial charge in [0.1, 0.15) is 0 Å². The van der Waals surface area contributed by atoms with Gasteiger partial charge in [-0.1, -0.05) is 44.2 Å². The molecule has 0 aliphatic carbocycles. The van der Waals surface area contributed by atoms with Crippen LogP contribution in [0.4, 0.5) is 0 Å². The SMILES string of the molecule is Cc1cc(CNC(c2ccccc2)C(C)C)c(C)n1C. The highest BCUT2D eigenvalue weighted by atomic mass is 15.0. The summed E-state index contributed by atoms with van der Waals surface area (Å²) in [5.74, 6) is 0.572. The summed E-state index contributed by atoms with van der Waals surface area (Å²) in [6.07, 6.45) is 0. The molecule has 2 rings (SSSR count). The van der Waals surface area contributed by atoms with E-state index in [0.29, 0.717) is 12.0 Å². The molecular weight excluding hydrogens is 244 g/mol. The molecule has 0 bridgehead atoms. The van der Waals surface area contributed by atoms with E-state index in [1.165, 1.54) is 22.5 Å². The normalized spacial score (nSPS) is 12.9. The second-order valence-corrected chi connectivity index (χ2v) is 5.97. The van der Waals surface area contributed by atoms with Crippen LogP contribution < -0.4 is 5.32 Å². The zero-order chi connectivity index (χ0) is 14.7. The molecule has 1 N–H and O–H groups in total. The van der Waals surface area contributed by atoms with Crippen LogP contribution in [0.25, 0.3) is 0 Å². The molecule has 0 aliphatic rings. The van der Waals surface area contributed by atoms with E-state index in [9.17, 15) is 0 Å². The Morgan fingerprint density at radius 3 is 2.25 bits per heavy atom. The van der Waals surface area contributed by atoms with Crippen LogP contribution >= 0.6 is 0 Å². The van der Waals surface area contributed by atoms with E-state index in [2.05, 4.69) is 81.0 Å². The molecule has 0 radical (unpaired) electrons. The molecule has 1 unspecified atom stereocenters. The Balaban J connectivity index is 2.12. The van der Waals surface area contributed by atoms with Gasteiger partial charge in [-0.3, -0.25) is 0 Å². The van der Waals surface area contributed by atoms with E-state index in [1.807, 2.05) is 0 Å². The molecular formula is C18H26N2. The van der Waals surface area contributed by atoms with E-state index in [-0.39, 0.29) is 0 Å². The number of hydrogen-bond donors (Lipinski definition) is 1. The van der Waals surface area contributed by atoms with Gasteiger partial charge in [0.2, 0.25) is 0 Å². The number of hydrogen-bond acceptors (Lipinski definition) is 1. The summed E-state index contributed by atoms with van der Waals surface area (Å²) in [4.78, 5) is 0. The quantitative estimate of drug-likeness (QED) is 0.864. The molecule has 0 amide bonds. The minimum atomic E-state index is 0.399. The molecule has 0 saturated carbocycles. The largest absolute Gasteiger partial charge is 0.352 e. The highest BCUT2D eigenvalue weighted by molar-refractivity contribution is 5.27. The summed E-state index contributed by atoms with van der Waals surface area (Å²) in [7, 11) is 2.13. The molecule has 20 heavy (non-hydrogen) atoms. The van der Waals surface area contributed by atoms with Gasteiger partial charge < -0.3 is 9.88 Å². The molecule has 0 spiro atoms. The fourth-order valence-corrected chi connectivity index (χ4v) is 2.73. The van der Waals surface area contributed by atoms with E-state index in [1.54, 1.807) is 0 Å². The standard InChI is InChI=1S/C18H26N2/c1-13(2)18(16-9-7-6-8-10-16)19-12-17-11-14(3)20(5)15(17)4/h6-11,13,18-19H,12H2,1-5H3. The van der Waals surface area contributed by atoms with Crippen molar-refractivity contribution in [1.82, 2.24) is 9.88 Å². The molecule has 1 atom stereocenters. The van der Waals surface area contributed by atoms with Gasteiger partial charge >= 0.3 is 0 Å². The molecule has 2 heteroatoms. The number of nitrogens with one attached hydrogen (secondary N) is 1. The highest BCUT2D eigenvalue weighted by Crippen LogP contribution is 2.22. The average molecular weight is 270 g/mol. The van der Waals surface area contributed by atoms with Gasteiger partial charge in [0, 0.05) is 31.0 Å². The van der Waals surface area contributed by atoms with Crippen LogP contribution in [-0.4, -0.2) is 4.57 Å². The first kappa shape index (κ1) is 14.9. The number of rotatable bonds is 5. The minimum Gasteiger partial charge on any atom is -0.352 e. The second kappa shape index (κ2) is 6.27. The molecule has 0 fully saturated rings. The summed E-state index contributed by atoms with van der Waals surface area (Å²) < 4.78 is 2.25. The zero-order valence-corrected chi connectivity index (χ0v) is 13.3. The summed E-state index contributed by atoms with van der Waals surface area (Å²) in [5, 5.41) is 3.72. The van der Waals surface area contributed by atoms with Crippen molar-refractivity contribution >= 4 is 0 Å². The fraction of sp³-hybridized carbons (Fsp3) is 0.444. The fourth-order valence-electron chi connectivity index (χ4n) is 2.73. The Kier molecular flexibility index (Phi) is 4.66. The van der Waals surface area contributed by atoms with Crippen molar-refractivity contribution in [2.45, 2.75) is 40.3 Å². The first-order valence-electron chi connectivity index (χ1n) is 7.40. The van der Waals surface area contributed by atoms with E-state index in [4.69, 9.17) is 0 Å². The second-order valence-electron chi connectivity index (χ2n) is 5.97. The lowest BCUT2D eigenvalue weighted by Crippen LogP contribution is -2.25. The van der Waals surface area contributed by atoms with Crippen molar-refractivity contribution in [2.75, 3.05) is 0 Å². The number of aryl methyl sites for hydroxylation is 1. The van der Waals surface area contributed by atoms with Crippen LogP contribution in [0, 0.1) is 19.8 Å².